The largest absolute Gasteiger partial charge is 0.359 e. The molecule has 1 saturated heterocycles. The van der Waals surface area contributed by atoms with E-state index >= 15 is 0 Å². The van der Waals surface area contributed by atoms with Crippen molar-refractivity contribution in [2.75, 3.05) is 18.5 Å². The maximum Gasteiger partial charge on any atom is 0.188 e. The Labute approximate surface area is 193 Å². The summed E-state index contributed by atoms with van der Waals surface area (Å²) >= 11 is 3.28. The van der Waals surface area contributed by atoms with Crippen LogP contribution in [0.3, 0.4) is 0 Å². The third-order valence-corrected chi connectivity index (χ3v) is 8.35. The standard InChI is InChI=1S/C22H24N8S2/c1-12-8-14(4-6-23-12)30(3)22-28-21-20(32-22)27-19(31-21)18-17-15(5-7-24-17)16(10-25-18)13-9-26-29(2)11-13/h5,7,9-12,14,23-24H,4,6,8H2,1-3H3/t12-,14-/m0/s1. The molecular formula is C22H24N8S2. The molecule has 0 bridgehead atoms. The summed E-state index contributed by atoms with van der Waals surface area (Å²) < 4.78 is 1.81. The summed E-state index contributed by atoms with van der Waals surface area (Å²) in [5, 5.41) is 10.9. The van der Waals surface area contributed by atoms with Crippen LogP contribution in [-0.4, -0.2) is 55.4 Å². The summed E-state index contributed by atoms with van der Waals surface area (Å²) in [6, 6.07) is 3.15. The SMILES string of the molecule is C[C@H]1C[C@@H](N(C)c2nc3sc(-c4ncc(-c5cnn(C)c5)c5cc[nH]c45)nc3s2)CCN1. The van der Waals surface area contributed by atoms with E-state index in [9.17, 15) is 0 Å². The first kappa shape index (κ1) is 19.8. The van der Waals surface area contributed by atoms with E-state index in [0.717, 1.165) is 66.9 Å². The number of piperidine rings is 1. The van der Waals surface area contributed by atoms with Crippen molar-refractivity contribution < 1.29 is 0 Å². The van der Waals surface area contributed by atoms with Gasteiger partial charge in [-0.25, -0.2) is 9.97 Å². The van der Waals surface area contributed by atoms with Crippen molar-refractivity contribution in [2.45, 2.75) is 31.8 Å². The molecule has 0 spiro atoms. The Hall–Kier alpha value is -2.82. The summed E-state index contributed by atoms with van der Waals surface area (Å²) in [6.07, 6.45) is 10.0. The lowest BCUT2D eigenvalue weighted by atomic mass is 10.00. The number of hydrogen-bond acceptors (Lipinski definition) is 8. The molecule has 2 N–H and O–H groups in total. The molecule has 0 amide bonds. The van der Waals surface area contributed by atoms with Gasteiger partial charge >= 0.3 is 0 Å². The minimum atomic E-state index is 0.520. The lowest BCUT2D eigenvalue weighted by Crippen LogP contribution is -2.45. The Morgan fingerprint density at radius 2 is 2.06 bits per heavy atom. The van der Waals surface area contributed by atoms with Crippen molar-refractivity contribution in [1.29, 1.82) is 0 Å². The smallest absolute Gasteiger partial charge is 0.188 e. The molecule has 0 saturated carbocycles. The van der Waals surface area contributed by atoms with Gasteiger partial charge in [0, 0.05) is 61.3 Å². The van der Waals surface area contributed by atoms with Gasteiger partial charge in [-0.3, -0.25) is 9.67 Å². The van der Waals surface area contributed by atoms with Gasteiger partial charge in [0.25, 0.3) is 0 Å². The number of fused-ring (bicyclic) bond motifs is 2. The van der Waals surface area contributed by atoms with Crippen molar-refractivity contribution in [3.63, 3.8) is 0 Å². The van der Waals surface area contributed by atoms with Gasteiger partial charge in [0.15, 0.2) is 14.8 Å². The van der Waals surface area contributed by atoms with E-state index in [1.54, 1.807) is 27.4 Å². The van der Waals surface area contributed by atoms with Crippen LogP contribution in [0.1, 0.15) is 19.8 Å². The molecule has 8 nitrogen and oxygen atoms in total. The average Bonchev–Trinajstić information content (AvgIpc) is 3.55. The number of H-pyrrole nitrogens is 1. The van der Waals surface area contributed by atoms with Gasteiger partial charge in [-0.2, -0.15) is 5.10 Å². The van der Waals surface area contributed by atoms with E-state index in [4.69, 9.17) is 15.0 Å². The van der Waals surface area contributed by atoms with Crippen LogP contribution in [0, 0.1) is 0 Å². The van der Waals surface area contributed by atoms with Crippen molar-refractivity contribution >= 4 is 48.4 Å². The second-order valence-corrected chi connectivity index (χ2v) is 10.4. The maximum atomic E-state index is 4.93. The van der Waals surface area contributed by atoms with E-state index < -0.39 is 0 Å². The van der Waals surface area contributed by atoms with Gasteiger partial charge in [-0.05, 0) is 32.4 Å². The second-order valence-electron chi connectivity index (χ2n) is 8.46. The van der Waals surface area contributed by atoms with Gasteiger partial charge in [0.05, 0.1) is 11.7 Å². The predicted molar refractivity (Wildman–Crippen MR) is 131 cm³/mol. The fourth-order valence-corrected chi connectivity index (χ4v) is 6.58. The number of thiazole rings is 2. The molecule has 32 heavy (non-hydrogen) atoms. The van der Waals surface area contributed by atoms with Crippen molar-refractivity contribution in [1.82, 2.24) is 35.0 Å². The van der Waals surface area contributed by atoms with Crippen molar-refractivity contribution in [3.8, 4) is 21.8 Å². The highest BCUT2D eigenvalue weighted by Gasteiger charge is 2.25. The minimum absolute atomic E-state index is 0.520. The van der Waals surface area contributed by atoms with Crippen LogP contribution in [0.2, 0.25) is 0 Å². The molecule has 2 atom stereocenters. The molecule has 5 aromatic heterocycles. The van der Waals surface area contributed by atoms with Crippen molar-refractivity contribution in [2.24, 2.45) is 7.05 Å². The van der Waals surface area contributed by atoms with E-state index in [2.05, 4.69) is 40.3 Å². The number of aromatic amines is 1. The summed E-state index contributed by atoms with van der Waals surface area (Å²) in [5.41, 5.74) is 3.98. The lowest BCUT2D eigenvalue weighted by Gasteiger charge is -2.34. The third kappa shape index (κ3) is 3.30. The highest BCUT2D eigenvalue weighted by molar-refractivity contribution is 7.29. The van der Waals surface area contributed by atoms with Gasteiger partial charge in [-0.1, -0.05) is 22.7 Å². The van der Waals surface area contributed by atoms with E-state index in [1.165, 1.54) is 0 Å². The normalized spacial score (nSPS) is 19.2. The fraction of sp³-hybridized carbons (Fsp3) is 0.364. The first-order valence-corrected chi connectivity index (χ1v) is 12.4. The number of aryl methyl sites for hydroxylation is 1. The molecule has 0 radical (unpaired) electrons. The van der Waals surface area contributed by atoms with Crippen LogP contribution in [0.25, 0.3) is 42.4 Å². The Kier molecular flexibility index (Phi) is 4.74. The molecule has 0 aromatic carbocycles. The predicted octanol–water partition coefficient (Wildman–Crippen LogP) is 4.27. The molecule has 1 aliphatic heterocycles. The number of hydrogen-bond donors (Lipinski definition) is 2. The summed E-state index contributed by atoms with van der Waals surface area (Å²) in [4.78, 5) is 22.3. The Morgan fingerprint density at radius 1 is 1.19 bits per heavy atom. The number of anilines is 1. The van der Waals surface area contributed by atoms with Crippen molar-refractivity contribution in [3.05, 3.63) is 30.9 Å². The van der Waals surface area contributed by atoms with Crippen LogP contribution in [-0.2, 0) is 7.05 Å². The number of nitrogens with zero attached hydrogens (tertiary/aromatic N) is 6. The number of rotatable bonds is 4. The Bertz CT molecular complexity index is 1380. The summed E-state index contributed by atoms with van der Waals surface area (Å²) in [7, 11) is 4.08. The fourth-order valence-electron chi connectivity index (χ4n) is 4.50. The average molecular weight is 465 g/mol. The monoisotopic (exact) mass is 464 g/mol. The molecule has 1 fully saturated rings. The van der Waals surface area contributed by atoms with Crippen LogP contribution >= 0.6 is 22.7 Å². The van der Waals surface area contributed by atoms with Gasteiger partial charge in [-0.15, -0.1) is 0 Å². The van der Waals surface area contributed by atoms with Gasteiger partial charge < -0.3 is 15.2 Å². The van der Waals surface area contributed by atoms with Crippen LogP contribution in [0.5, 0.6) is 0 Å². The zero-order valence-electron chi connectivity index (χ0n) is 18.2. The molecule has 6 heterocycles. The maximum absolute atomic E-state index is 4.93. The van der Waals surface area contributed by atoms with E-state index in [0.29, 0.717) is 12.1 Å². The van der Waals surface area contributed by atoms with Crippen LogP contribution in [0.4, 0.5) is 5.13 Å². The zero-order chi connectivity index (χ0) is 21.8. The topological polar surface area (TPSA) is 87.6 Å². The van der Waals surface area contributed by atoms with E-state index in [-0.39, 0.29) is 0 Å². The Balaban J connectivity index is 1.34. The molecular weight excluding hydrogens is 440 g/mol. The Morgan fingerprint density at radius 3 is 2.84 bits per heavy atom. The summed E-state index contributed by atoms with van der Waals surface area (Å²) in [6.45, 7) is 3.31. The number of pyridine rings is 1. The second kappa shape index (κ2) is 7.65. The van der Waals surface area contributed by atoms with E-state index in [1.807, 2.05) is 31.8 Å². The number of aromatic nitrogens is 6. The first-order chi connectivity index (χ1) is 15.6. The molecule has 1 aliphatic rings. The molecule has 0 aliphatic carbocycles. The quantitative estimate of drug-likeness (QED) is 0.413. The molecule has 10 heteroatoms. The zero-order valence-corrected chi connectivity index (χ0v) is 19.8. The number of nitrogens with one attached hydrogen (secondary N) is 2. The molecule has 6 rings (SSSR count). The molecule has 164 valence electrons. The first-order valence-electron chi connectivity index (χ1n) is 10.8. The van der Waals surface area contributed by atoms with Crippen LogP contribution in [0.15, 0.2) is 30.9 Å². The third-order valence-electron chi connectivity index (χ3n) is 6.23. The van der Waals surface area contributed by atoms with Gasteiger partial charge in [0.2, 0.25) is 0 Å². The summed E-state index contributed by atoms with van der Waals surface area (Å²) in [5.74, 6) is 0. The van der Waals surface area contributed by atoms with Crippen LogP contribution < -0.4 is 10.2 Å². The lowest BCUT2D eigenvalue weighted by molar-refractivity contribution is 0.371. The molecule has 5 aromatic rings. The highest BCUT2D eigenvalue weighted by atomic mass is 32.1. The molecule has 0 unspecified atom stereocenters. The highest BCUT2D eigenvalue weighted by Crippen LogP contribution is 2.39. The minimum Gasteiger partial charge on any atom is -0.359 e. The van der Waals surface area contributed by atoms with Gasteiger partial charge in [0.1, 0.15) is 10.7 Å².